The molecule has 2 heterocycles. The summed E-state index contributed by atoms with van der Waals surface area (Å²) in [5.41, 5.74) is 2.59. The van der Waals surface area contributed by atoms with Gasteiger partial charge < -0.3 is 26.0 Å². The van der Waals surface area contributed by atoms with Gasteiger partial charge in [-0.05, 0) is 156 Å². The summed E-state index contributed by atoms with van der Waals surface area (Å²) in [5.74, 6) is 1.98. The van der Waals surface area contributed by atoms with Crippen LogP contribution in [0.1, 0.15) is 179 Å². The largest absolute Gasteiger partial charge is 0.505 e. The summed E-state index contributed by atoms with van der Waals surface area (Å²) in [6, 6.07) is 11.3. The molecule has 0 radical (unpaired) electrons. The fourth-order valence-electron chi connectivity index (χ4n) is 9.20. The van der Waals surface area contributed by atoms with E-state index in [1.54, 1.807) is 12.1 Å². The predicted octanol–water partition coefficient (Wildman–Crippen LogP) is 10.8. The van der Waals surface area contributed by atoms with Crippen molar-refractivity contribution in [2.75, 3.05) is 49.5 Å². The van der Waals surface area contributed by atoms with Crippen molar-refractivity contribution < 1.29 is 9.90 Å². The lowest BCUT2D eigenvalue weighted by atomic mass is 9.84. The third-order valence-corrected chi connectivity index (χ3v) is 13.3. The maximum absolute atomic E-state index is 13.4. The number of phenols is 1. The van der Waals surface area contributed by atoms with Gasteiger partial charge in [0.05, 0.1) is 5.54 Å². The molecule has 0 fully saturated rings. The zero-order valence-corrected chi connectivity index (χ0v) is 46.1. The van der Waals surface area contributed by atoms with Gasteiger partial charge in [0.1, 0.15) is 22.5 Å². The second-order valence-electron chi connectivity index (χ2n) is 21.9. The van der Waals surface area contributed by atoms with Gasteiger partial charge in [-0.25, -0.2) is 0 Å². The number of fused-ring (bicyclic) bond motifs is 1. The molecule has 0 aliphatic rings. The normalized spacial score (nSPS) is 12.6. The smallest absolute Gasteiger partial charge is 0.230 e. The van der Waals surface area contributed by atoms with Crippen LogP contribution in [0.5, 0.6) is 5.75 Å². The molecular formula is C54H91ClN12O2. The molecule has 0 unspecified atom stereocenters. The highest BCUT2D eigenvalue weighted by atomic mass is 35.5. The molecule has 0 aliphatic carbocycles. The molecule has 0 atom stereocenters. The molecule has 386 valence electrons. The molecular weight excluding hydrogens is 884 g/mol. The Balaban J connectivity index is 1.47. The number of halogens is 1. The zero-order chi connectivity index (χ0) is 51.1. The molecule has 15 heteroatoms. The van der Waals surface area contributed by atoms with Crippen LogP contribution in [0.15, 0.2) is 30.3 Å². The number of rotatable bonds is 30. The standard InChI is InChI=1S/C54H91ClN12O2/c1-37(2)56-28-20-16-17-23-33-66(41(9)10)54(14,15)50-59-51(61-52(60-50)65(40(7)8)32-22-19-18-21-31-64(38(3)4)39(5)6)58-30-29-57-48(68)27-24-42-34-44(53(11,12)13)49(69)47(35-42)67-62-45-26-25-43(55)36-46(45)63-67/h25-26,34-41,56,69H,16-24,27-33H2,1-15H3,(H,57,68)(H,58,59,60,61). The van der Waals surface area contributed by atoms with Crippen LogP contribution >= 0.6 is 11.6 Å². The number of nitrogens with zero attached hydrogens (tertiary/aromatic N) is 9. The number of nitrogens with one attached hydrogen (secondary N) is 3. The minimum absolute atomic E-state index is 0.0738. The number of unbranched alkanes of at least 4 members (excludes halogenated alkanes) is 6. The molecule has 2 aromatic heterocycles. The summed E-state index contributed by atoms with van der Waals surface area (Å²) in [5, 5.41) is 31.3. The molecule has 14 nitrogen and oxygen atoms in total. The van der Waals surface area contributed by atoms with Crippen molar-refractivity contribution in [2.24, 2.45) is 0 Å². The Morgan fingerprint density at radius 3 is 1.97 bits per heavy atom. The number of hydrogen-bond donors (Lipinski definition) is 4. The highest BCUT2D eigenvalue weighted by molar-refractivity contribution is 6.31. The van der Waals surface area contributed by atoms with Gasteiger partial charge >= 0.3 is 0 Å². The quantitative estimate of drug-likeness (QED) is 0.0368. The van der Waals surface area contributed by atoms with Crippen LogP contribution in [0, 0.1) is 0 Å². The minimum Gasteiger partial charge on any atom is -0.505 e. The average Bonchev–Trinajstić information content (AvgIpc) is 3.68. The van der Waals surface area contributed by atoms with E-state index in [0.29, 0.717) is 71.3 Å². The lowest BCUT2D eigenvalue weighted by Gasteiger charge is -2.41. The fourth-order valence-corrected chi connectivity index (χ4v) is 9.37. The second-order valence-corrected chi connectivity index (χ2v) is 22.4. The van der Waals surface area contributed by atoms with Crippen LogP contribution in [0.3, 0.4) is 0 Å². The number of aryl methyl sites for hydroxylation is 1. The number of anilines is 2. The van der Waals surface area contributed by atoms with E-state index in [9.17, 15) is 9.90 Å². The van der Waals surface area contributed by atoms with Gasteiger partial charge in [0.25, 0.3) is 0 Å². The van der Waals surface area contributed by atoms with E-state index in [1.807, 2.05) is 18.2 Å². The van der Waals surface area contributed by atoms with E-state index >= 15 is 0 Å². The Bertz CT molecular complexity index is 2170. The van der Waals surface area contributed by atoms with Crippen molar-refractivity contribution in [1.82, 2.24) is 50.4 Å². The van der Waals surface area contributed by atoms with Crippen LogP contribution in [0.2, 0.25) is 5.02 Å². The maximum Gasteiger partial charge on any atom is 0.230 e. The lowest BCUT2D eigenvalue weighted by Crippen LogP contribution is -2.48. The first kappa shape index (κ1) is 57.5. The number of phenolic OH excluding ortho intramolecular Hbond substituents is 1. The number of amides is 1. The highest BCUT2D eigenvalue weighted by Crippen LogP contribution is 2.37. The molecule has 69 heavy (non-hydrogen) atoms. The Morgan fingerprint density at radius 1 is 0.710 bits per heavy atom. The van der Waals surface area contributed by atoms with Gasteiger partial charge in [0, 0.05) is 66.9 Å². The van der Waals surface area contributed by atoms with Crippen LogP contribution in [-0.2, 0) is 22.2 Å². The van der Waals surface area contributed by atoms with Gasteiger partial charge in [-0.15, -0.1) is 15.0 Å². The SMILES string of the molecule is CC(C)NCCCCCCN(C(C)C)C(C)(C)c1nc(NCCNC(=O)CCc2cc(-n3nc4ccc(Cl)cc4n3)c(O)c(C(C)(C)C)c2)nc(N(CCCCCCN(C(C)C)C(C)C)C(C)C)n1. The van der Waals surface area contributed by atoms with Gasteiger partial charge in [-0.3, -0.25) is 14.6 Å². The highest BCUT2D eigenvalue weighted by Gasteiger charge is 2.35. The van der Waals surface area contributed by atoms with Gasteiger partial charge in [-0.2, -0.15) is 15.0 Å². The molecule has 4 aromatic rings. The fraction of sp³-hybridized carbons (Fsp3) is 0.704. The first-order valence-corrected chi connectivity index (χ1v) is 26.6. The topological polar surface area (TPSA) is 152 Å². The van der Waals surface area contributed by atoms with Gasteiger partial charge in [0.15, 0.2) is 5.82 Å². The molecule has 0 saturated heterocycles. The van der Waals surface area contributed by atoms with E-state index in [-0.39, 0.29) is 35.6 Å². The van der Waals surface area contributed by atoms with Crippen molar-refractivity contribution in [2.45, 2.75) is 209 Å². The third-order valence-electron chi connectivity index (χ3n) is 13.0. The Morgan fingerprint density at radius 2 is 1.35 bits per heavy atom. The summed E-state index contributed by atoms with van der Waals surface area (Å²) in [6.45, 7) is 38.0. The first-order chi connectivity index (χ1) is 32.5. The predicted molar refractivity (Wildman–Crippen MR) is 288 cm³/mol. The van der Waals surface area contributed by atoms with Gasteiger partial charge in [0.2, 0.25) is 17.8 Å². The van der Waals surface area contributed by atoms with Crippen molar-refractivity contribution in [3.8, 4) is 11.4 Å². The molecule has 1 amide bonds. The van der Waals surface area contributed by atoms with Crippen molar-refractivity contribution in [3.05, 3.63) is 52.3 Å². The lowest BCUT2D eigenvalue weighted by molar-refractivity contribution is -0.120. The van der Waals surface area contributed by atoms with Crippen LogP contribution in [-0.4, -0.2) is 120 Å². The van der Waals surface area contributed by atoms with E-state index < -0.39 is 5.54 Å². The summed E-state index contributed by atoms with van der Waals surface area (Å²) in [6.07, 6.45) is 10.0. The molecule has 2 aromatic carbocycles. The number of carbonyl (C=O) groups is 1. The summed E-state index contributed by atoms with van der Waals surface area (Å²) < 4.78 is 0. The molecule has 0 bridgehead atoms. The molecule has 4 N–H and O–H groups in total. The molecule has 4 rings (SSSR count). The third kappa shape index (κ3) is 17.6. The zero-order valence-electron chi connectivity index (χ0n) is 45.3. The second kappa shape index (κ2) is 26.9. The number of carbonyl (C=O) groups excluding carboxylic acids is 1. The number of benzene rings is 2. The van der Waals surface area contributed by atoms with Crippen LogP contribution in [0.4, 0.5) is 11.9 Å². The average molecular weight is 976 g/mol. The number of aromatic nitrogens is 6. The summed E-state index contributed by atoms with van der Waals surface area (Å²) in [4.78, 5) is 37.7. The summed E-state index contributed by atoms with van der Waals surface area (Å²) in [7, 11) is 0. The minimum atomic E-state index is -0.466. The van der Waals surface area contributed by atoms with Crippen molar-refractivity contribution >= 4 is 40.4 Å². The van der Waals surface area contributed by atoms with E-state index in [4.69, 9.17) is 26.6 Å². The van der Waals surface area contributed by atoms with E-state index in [2.05, 4.69) is 145 Å². The Kier molecular flexibility index (Phi) is 22.4. The van der Waals surface area contributed by atoms with E-state index in [1.165, 1.54) is 36.9 Å². The van der Waals surface area contributed by atoms with Crippen molar-refractivity contribution in [1.29, 1.82) is 0 Å². The maximum atomic E-state index is 13.4. The van der Waals surface area contributed by atoms with Crippen LogP contribution in [0.25, 0.3) is 16.7 Å². The Labute approximate surface area is 421 Å². The van der Waals surface area contributed by atoms with Crippen LogP contribution < -0.4 is 20.9 Å². The molecule has 0 saturated carbocycles. The molecule has 0 aliphatic heterocycles. The van der Waals surface area contributed by atoms with E-state index in [0.717, 1.165) is 62.4 Å². The molecule has 0 spiro atoms. The summed E-state index contributed by atoms with van der Waals surface area (Å²) >= 11 is 6.23. The first-order valence-electron chi connectivity index (χ1n) is 26.2. The number of aromatic hydroxyl groups is 1. The number of hydrogen-bond acceptors (Lipinski definition) is 12. The monoisotopic (exact) mass is 975 g/mol. The van der Waals surface area contributed by atoms with Gasteiger partial charge in [-0.1, -0.05) is 78.0 Å². The van der Waals surface area contributed by atoms with Crippen molar-refractivity contribution in [3.63, 3.8) is 0 Å². The Hall–Kier alpha value is -4.11.